The number of hydrazone groups is 1. The molecule has 0 aliphatic rings. The second-order valence-corrected chi connectivity index (χ2v) is 8.39. The van der Waals surface area contributed by atoms with Gasteiger partial charge in [0, 0.05) is 0 Å². The van der Waals surface area contributed by atoms with Gasteiger partial charge in [-0.1, -0.05) is 26.0 Å². The van der Waals surface area contributed by atoms with Gasteiger partial charge >= 0.3 is 5.97 Å². The molecule has 0 radical (unpaired) electrons. The highest BCUT2D eigenvalue weighted by molar-refractivity contribution is 9.10. The molecule has 2 amide bonds. The van der Waals surface area contributed by atoms with Crippen LogP contribution >= 0.6 is 15.9 Å². The molecule has 0 heterocycles. The summed E-state index contributed by atoms with van der Waals surface area (Å²) in [5.41, 5.74) is 2.78. The minimum Gasteiger partial charge on any atom is -0.493 e. The van der Waals surface area contributed by atoms with E-state index < -0.39 is 29.6 Å². The summed E-state index contributed by atoms with van der Waals surface area (Å²) in [6.45, 7) is 5.13. The monoisotopic (exact) mass is 551 g/mol. The van der Waals surface area contributed by atoms with Crippen LogP contribution in [0.5, 0.6) is 11.5 Å². The van der Waals surface area contributed by atoms with Crippen LogP contribution in [0.4, 0.5) is 4.39 Å². The first-order chi connectivity index (χ1) is 16.7. The number of nitrogens with zero attached hydrogens (tertiary/aromatic N) is 1. The molecular weight excluding hydrogens is 525 g/mol. The normalized spacial score (nSPS) is 11.7. The van der Waals surface area contributed by atoms with Gasteiger partial charge in [-0.05, 0) is 58.6 Å². The molecule has 0 aliphatic carbocycles. The van der Waals surface area contributed by atoms with Gasteiger partial charge in [0.2, 0.25) is 0 Å². The Morgan fingerprint density at radius 3 is 2.54 bits per heavy atom. The Labute approximate surface area is 211 Å². The molecule has 35 heavy (non-hydrogen) atoms. The Kier molecular flexibility index (Phi) is 10.7. The lowest BCUT2D eigenvalue weighted by molar-refractivity contribution is -0.145. The van der Waals surface area contributed by atoms with E-state index in [-0.39, 0.29) is 24.7 Å². The van der Waals surface area contributed by atoms with Gasteiger partial charge in [0.05, 0.1) is 30.0 Å². The summed E-state index contributed by atoms with van der Waals surface area (Å²) < 4.78 is 30.0. The predicted octanol–water partition coefficient (Wildman–Crippen LogP) is 3.44. The number of carbonyl (C=O) groups excluding carboxylic acids is 3. The number of methoxy groups -OCH3 is 1. The maximum absolute atomic E-state index is 13.9. The minimum absolute atomic E-state index is 0.156. The van der Waals surface area contributed by atoms with Crippen molar-refractivity contribution in [2.45, 2.75) is 26.8 Å². The Morgan fingerprint density at radius 1 is 1.20 bits per heavy atom. The Hall–Kier alpha value is -3.47. The highest BCUT2D eigenvalue weighted by Crippen LogP contribution is 2.36. The lowest BCUT2D eigenvalue weighted by Crippen LogP contribution is -2.48. The third-order valence-corrected chi connectivity index (χ3v) is 5.22. The van der Waals surface area contributed by atoms with Gasteiger partial charge in [-0.15, -0.1) is 0 Å². The zero-order chi connectivity index (χ0) is 26.0. The van der Waals surface area contributed by atoms with E-state index in [0.717, 1.165) is 0 Å². The maximum atomic E-state index is 13.9. The van der Waals surface area contributed by atoms with E-state index in [1.807, 2.05) is 0 Å². The number of halogens is 2. The number of ether oxygens (including phenoxy) is 3. The second-order valence-electron chi connectivity index (χ2n) is 7.54. The molecule has 0 bridgehead atoms. The van der Waals surface area contributed by atoms with Gasteiger partial charge in [-0.2, -0.15) is 5.10 Å². The summed E-state index contributed by atoms with van der Waals surface area (Å²) in [6.07, 6.45) is 1.37. The Balaban J connectivity index is 2.08. The lowest BCUT2D eigenvalue weighted by atomic mass is 10.0. The standard InChI is InChI=1S/C24H27BrFN3O6/c1-5-34-20(30)13-35-22-17(25)10-15(11-19(22)33-4)12-27-29-24(32)21(14(2)3)28-23(31)16-8-6-7-9-18(16)26/h6-12,14,21H,5,13H2,1-4H3,(H,28,31)(H,29,32)/b27-12+. The molecule has 2 rings (SSSR count). The number of rotatable bonds is 11. The van der Waals surface area contributed by atoms with E-state index in [2.05, 4.69) is 31.8 Å². The quantitative estimate of drug-likeness (QED) is 0.251. The lowest BCUT2D eigenvalue weighted by Gasteiger charge is -2.20. The van der Waals surface area contributed by atoms with Crippen molar-refractivity contribution in [1.82, 2.24) is 10.7 Å². The van der Waals surface area contributed by atoms with Crippen LogP contribution in [-0.2, 0) is 14.3 Å². The topological polar surface area (TPSA) is 115 Å². The summed E-state index contributed by atoms with van der Waals surface area (Å²) in [4.78, 5) is 36.6. The Bertz CT molecular complexity index is 1090. The van der Waals surface area contributed by atoms with Gasteiger partial charge in [0.15, 0.2) is 18.1 Å². The van der Waals surface area contributed by atoms with Gasteiger partial charge in [0.1, 0.15) is 11.9 Å². The van der Waals surface area contributed by atoms with E-state index >= 15 is 0 Å². The molecule has 0 aromatic heterocycles. The highest BCUT2D eigenvalue weighted by atomic mass is 79.9. The fraction of sp³-hybridized carbons (Fsp3) is 0.333. The van der Waals surface area contributed by atoms with Crippen molar-refractivity contribution in [3.05, 3.63) is 57.8 Å². The number of hydrogen-bond donors (Lipinski definition) is 2. The molecule has 2 N–H and O–H groups in total. The zero-order valence-electron chi connectivity index (χ0n) is 19.8. The van der Waals surface area contributed by atoms with Crippen LogP contribution in [0.2, 0.25) is 0 Å². The van der Waals surface area contributed by atoms with E-state index in [0.29, 0.717) is 21.5 Å². The van der Waals surface area contributed by atoms with Crippen molar-refractivity contribution in [2.24, 2.45) is 11.0 Å². The number of hydrogen-bond acceptors (Lipinski definition) is 7. The molecule has 188 valence electrons. The molecule has 11 heteroatoms. The minimum atomic E-state index is -0.945. The van der Waals surface area contributed by atoms with Crippen molar-refractivity contribution >= 4 is 39.9 Å². The van der Waals surface area contributed by atoms with Crippen molar-refractivity contribution in [3.63, 3.8) is 0 Å². The number of carbonyl (C=O) groups is 3. The van der Waals surface area contributed by atoms with Crippen LogP contribution < -0.4 is 20.2 Å². The molecule has 0 saturated carbocycles. The summed E-state index contributed by atoms with van der Waals surface area (Å²) in [5.74, 6) is -2.12. The van der Waals surface area contributed by atoms with E-state index in [4.69, 9.17) is 14.2 Å². The van der Waals surface area contributed by atoms with Gasteiger partial charge in [-0.25, -0.2) is 14.6 Å². The molecule has 2 aromatic rings. The zero-order valence-corrected chi connectivity index (χ0v) is 21.3. The SMILES string of the molecule is CCOC(=O)COc1c(Br)cc(/C=N/NC(=O)C(NC(=O)c2ccccc2F)C(C)C)cc1OC. The van der Waals surface area contributed by atoms with Crippen molar-refractivity contribution in [2.75, 3.05) is 20.3 Å². The summed E-state index contributed by atoms with van der Waals surface area (Å²) >= 11 is 3.36. The third-order valence-electron chi connectivity index (χ3n) is 4.63. The molecule has 2 aromatic carbocycles. The average Bonchev–Trinajstić information content (AvgIpc) is 2.81. The second kappa shape index (κ2) is 13.4. The molecule has 0 spiro atoms. The summed E-state index contributed by atoms with van der Waals surface area (Å²) in [6, 6.07) is 7.82. The molecule has 1 unspecified atom stereocenters. The molecule has 0 fully saturated rings. The first-order valence-electron chi connectivity index (χ1n) is 10.7. The number of nitrogens with one attached hydrogen (secondary N) is 2. The Morgan fingerprint density at radius 2 is 1.91 bits per heavy atom. The highest BCUT2D eigenvalue weighted by Gasteiger charge is 2.25. The first-order valence-corrected chi connectivity index (χ1v) is 11.5. The van der Waals surface area contributed by atoms with Crippen LogP contribution in [0.1, 0.15) is 36.7 Å². The smallest absolute Gasteiger partial charge is 0.344 e. The van der Waals surface area contributed by atoms with Crippen LogP contribution in [0, 0.1) is 11.7 Å². The fourth-order valence-corrected chi connectivity index (χ4v) is 3.50. The molecular formula is C24H27BrFN3O6. The molecule has 1 atom stereocenters. The number of benzene rings is 2. The number of esters is 1. The van der Waals surface area contributed by atoms with Gasteiger partial charge < -0.3 is 19.5 Å². The van der Waals surface area contributed by atoms with Crippen molar-refractivity contribution < 1.29 is 33.0 Å². The van der Waals surface area contributed by atoms with E-state index in [1.54, 1.807) is 32.9 Å². The third kappa shape index (κ3) is 8.06. The molecule has 0 aliphatic heterocycles. The maximum Gasteiger partial charge on any atom is 0.344 e. The van der Waals surface area contributed by atoms with Crippen LogP contribution in [0.15, 0.2) is 46.0 Å². The van der Waals surface area contributed by atoms with Gasteiger partial charge in [0.25, 0.3) is 11.8 Å². The van der Waals surface area contributed by atoms with Crippen molar-refractivity contribution in [1.29, 1.82) is 0 Å². The van der Waals surface area contributed by atoms with E-state index in [9.17, 15) is 18.8 Å². The van der Waals surface area contributed by atoms with Gasteiger partial charge in [-0.3, -0.25) is 9.59 Å². The predicted molar refractivity (Wildman–Crippen MR) is 131 cm³/mol. The van der Waals surface area contributed by atoms with E-state index in [1.165, 1.54) is 37.6 Å². The van der Waals surface area contributed by atoms with Crippen LogP contribution in [-0.4, -0.2) is 50.4 Å². The van der Waals surface area contributed by atoms with Crippen molar-refractivity contribution in [3.8, 4) is 11.5 Å². The average molecular weight is 552 g/mol. The number of amides is 2. The first kappa shape index (κ1) is 27.8. The molecule has 0 saturated heterocycles. The van der Waals surface area contributed by atoms with Crippen LogP contribution in [0.25, 0.3) is 0 Å². The summed E-state index contributed by atoms with van der Waals surface area (Å²) in [7, 11) is 1.44. The fourth-order valence-electron chi connectivity index (χ4n) is 2.93. The van der Waals surface area contributed by atoms with Crippen LogP contribution in [0.3, 0.4) is 0 Å². The molecule has 9 nitrogen and oxygen atoms in total. The summed E-state index contributed by atoms with van der Waals surface area (Å²) in [5, 5.41) is 6.49. The largest absolute Gasteiger partial charge is 0.493 e.